The number of aromatic nitrogens is 2. The third-order valence-corrected chi connectivity index (χ3v) is 2.94. The molecule has 0 aromatic carbocycles. The zero-order valence-corrected chi connectivity index (χ0v) is 11.1. The maximum Gasteiger partial charge on any atom is 0.254 e. The average molecular weight is 239 g/mol. The minimum Gasteiger partial charge on any atom is -0.391 e. The standard InChI is InChI=1S/C12H21N3O2/c1-8-9(6-14-15(8)5)11(17)13-7-10(16)12(2,3)4/h6,10,16H,7H2,1-5H3,(H,13,17). The third kappa shape index (κ3) is 3.30. The number of carbonyl (C=O) groups is 1. The van der Waals surface area contributed by atoms with Gasteiger partial charge >= 0.3 is 0 Å². The van der Waals surface area contributed by atoms with Gasteiger partial charge in [-0.15, -0.1) is 0 Å². The van der Waals surface area contributed by atoms with E-state index in [-0.39, 0.29) is 17.9 Å². The minimum absolute atomic E-state index is 0.195. The highest BCUT2D eigenvalue weighted by Gasteiger charge is 2.23. The zero-order chi connectivity index (χ0) is 13.2. The summed E-state index contributed by atoms with van der Waals surface area (Å²) in [6.45, 7) is 7.87. The molecule has 0 aliphatic heterocycles. The molecule has 0 saturated heterocycles. The van der Waals surface area contributed by atoms with Gasteiger partial charge < -0.3 is 10.4 Å². The van der Waals surface area contributed by atoms with E-state index in [2.05, 4.69) is 10.4 Å². The maximum absolute atomic E-state index is 11.8. The van der Waals surface area contributed by atoms with Gasteiger partial charge in [0.05, 0.1) is 17.9 Å². The quantitative estimate of drug-likeness (QED) is 0.822. The molecule has 0 aliphatic carbocycles. The summed E-state index contributed by atoms with van der Waals surface area (Å²) in [6.07, 6.45) is 0.970. The highest BCUT2D eigenvalue weighted by Crippen LogP contribution is 2.18. The summed E-state index contributed by atoms with van der Waals surface area (Å²) in [5.41, 5.74) is 1.12. The van der Waals surface area contributed by atoms with Crippen molar-refractivity contribution in [2.24, 2.45) is 12.5 Å². The molecule has 0 aliphatic rings. The first-order valence-electron chi connectivity index (χ1n) is 5.68. The molecule has 0 radical (unpaired) electrons. The Morgan fingerprint density at radius 3 is 2.59 bits per heavy atom. The van der Waals surface area contributed by atoms with E-state index in [1.54, 1.807) is 11.7 Å². The first kappa shape index (κ1) is 13.7. The summed E-state index contributed by atoms with van der Waals surface area (Å²) in [5.74, 6) is -0.195. The van der Waals surface area contributed by atoms with Crippen molar-refractivity contribution in [3.63, 3.8) is 0 Å². The van der Waals surface area contributed by atoms with Crippen LogP contribution in [0.15, 0.2) is 6.20 Å². The number of hydrogen-bond acceptors (Lipinski definition) is 3. The first-order valence-corrected chi connectivity index (χ1v) is 5.68. The minimum atomic E-state index is -0.566. The number of aliphatic hydroxyl groups excluding tert-OH is 1. The fourth-order valence-electron chi connectivity index (χ4n) is 1.31. The molecular formula is C12H21N3O2. The molecule has 1 atom stereocenters. The summed E-state index contributed by atoms with van der Waals surface area (Å²) >= 11 is 0. The molecule has 0 saturated carbocycles. The van der Waals surface area contributed by atoms with Crippen molar-refractivity contribution in [2.75, 3.05) is 6.54 Å². The molecular weight excluding hydrogens is 218 g/mol. The molecule has 1 aromatic heterocycles. The van der Waals surface area contributed by atoms with E-state index >= 15 is 0 Å². The highest BCUT2D eigenvalue weighted by atomic mass is 16.3. The van der Waals surface area contributed by atoms with Crippen molar-refractivity contribution in [2.45, 2.75) is 33.8 Å². The summed E-state index contributed by atoms with van der Waals surface area (Å²) in [5, 5.41) is 16.5. The zero-order valence-electron chi connectivity index (χ0n) is 11.1. The average Bonchev–Trinajstić information content (AvgIpc) is 2.54. The molecule has 0 spiro atoms. The van der Waals surface area contributed by atoms with Crippen LogP contribution in [0.5, 0.6) is 0 Å². The number of nitrogens with zero attached hydrogens (tertiary/aromatic N) is 2. The monoisotopic (exact) mass is 239 g/mol. The van der Waals surface area contributed by atoms with E-state index < -0.39 is 6.10 Å². The Balaban J connectivity index is 2.60. The summed E-state index contributed by atoms with van der Waals surface area (Å²) in [7, 11) is 1.79. The molecule has 1 amide bonds. The van der Waals surface area contributed by atoms with Crippen molar-refractivity contribution in [1.82, 2.24) is 15.1 Å². The van der Waals surface area contributed by atoms with Gasteiger partial charge in [-0.2, -0.15) is 5.10 Å². The Morgan fingerprint density at radius 2 is 2.18 bits per heavy atom. The fraction of sp³-hybridized carbons (Fsp3) is 0.667. The Bertz CT molecular complexity index is 404. The molecule has 1 aromatic rings. The molecule has 5 heteroatoms. The lowest BCUT2D eigenvalue weighted by Crippen LogP contribution is -2.39. The van der Waals surface area contributed by atoms with Crippen LogP contribution in [0.3, 0.4) is 0 Å². The van der Waals surface area contributed by atoms with Crippen LogP contribution in [0, 0.1) is 12.3 Å². The van der Waals surface area contributed by atoms with Crippen LogP contribution in [-0.2, 0) is 7.05 Å². The Morgan fingerprint density at radius 1 is 1.59 bits per heavy atom. The van der Waals surface area contributed by atoms with Gasteiger partial charge in [-0.25, -0.2) is 0 Å². The van der Waals surface area contributed by atoms with E-state index in [1.165, 1.54) is 6.20 Å². The van der Waals surface area contributed by atoms with Crippen LogP contribution in [0.2, 0.25) is 0 Å². The second-order valence-electron chi connectivity index (χ2n) is 5.36. The number of aliphatic hydroxyl groups is 1. The van der Waals surface area contributed by atoms with Crippen molar-refractivity contribution in [3.05, 3.63) is 17.5 Å². The molecule has 17 heavy (non-hydrogen) atoms. The molecule has 5 nitrogen and oxygen atoms in total. The number of amides is 1. The molecule has 1 unspecified atom stereocenters. The molecule has 0 fully saturated rings. The van der Waals surface area contributed by atoms with Gasteiger partial charge in [0.15, 0.2) is 0 Å². The van der Waals surface area contributed by atoms with Crippen LogP contribution in [0.1, 0.15) is 36.8 Å². The van der Waals surface area contributed by atoms with Gasteiger partial charge in [0.1, 0.15) is 0 Å². The van der Waals surface area contributed by atoms with E-state index in [0.29, 0.717) is 5.56 Å². The van der Waals surface area contributed by atoms with Crippen LogP contribution in [0.4, 0.5) is 0 Å². The van der Waals surface area contributed by atoms with Crippen LogP contribution in [0.25, 0.3) is 0 Å². The lowest BCUT2D eigenvalue weighted by Gasteiger charge is -2.25. The molecule has 1 heterocycles. The summed E-state index contributed by atoms with van der Waals surface area (Å²) in [4.78, 5) is 11.8. The predicted octanol–water partition coefficient (Wildman–Crippen LogP) is 0.865. The lowest BCUT2D eigenvalue weighted by atomic mass is 9.89. The molecule has 0 bridgehead atoms. The number of nitrogens with one attached hydrogen (secondary N) is 1. The van der Waals surface area contributed by atoms with E-state index in [4.69, 9.17) is 0 Å². The van der Waals surface area contributed by atoms with Gasteiger partial charge in [0.2, 0.25) is 0 Å². The van der Waals surface area contributed by atoms with Crippen LogP contribution < -0.4 is 5.32 Å². The van der Waals surface area contributed by atoms with Crippen molar-refractivity contribution >= 4 is 5.91 Å². The van der Waals surface area contributed by atoms with Crippen molar-refractivity contribution in [1.29, 1.82) is 0 Å². The van der Waals surface area contributed by atoms with Gasteiger partial charge in [-0.3, -0.25) is 9.48 Å². The SMILES string of the molecule is Cc1c(C(=O)NCC(O)C(C)(C)C)cnn1C. The van der Waals surface area contributed by atoms with Crippen LogP contribution >= 0.6 is 0 Å². The van der Waals surface area contributed by atoms with Gasteiger partial charge in [-0.1, -0.05) is 20.8 Å². The van der Waals surface area contributed by atoms with Crippen LogP contribution in [-0.4, -0.2) is 33.4 Å². The number of carbonyl (C=O) groups excluding carboxylic acids is 1. The molecule has 2 N–H and O–H groups in total. The van der Waals surface area contributed by atoms with E-state index in [9.17, 15) is 9.90 Å². The van der Waals surface area contributed by atoms with Gasteiger partial charge in [0, 0.05) is 19.3 Å². The summed E-state index contributed by atoms with van der Waals surface area (Å²) in [6, 6.07) is 0. The Labute approximate surface area is 102 Å². The van der Waals surface area contributed by atoms with Crippen molar-refractivity contribution < 1.29 is 9.90 Å². The predicted molar refractivity (Wildman–Crippen MR) is 65.7 cm³/mol. The smallest absolute Gasteiger partial charge is 0.254 e. The first-order chi connectivity index (χ1) is 7.73. The topological polar surface area (TPSA) is 67.2 Å². The van der Waals surface area contributed by atoms with E-state index in [1.807, 2.05) is 27.7 Å². The number of rotatable bonds is 3. The largest absolute Gasteiger partial charge is 0.391 e. The van der Waals surface area contributed by atoms with Gasteiger partial charge in [-0.05, 0) is 12.3 Å². The number of aryl methyl sites for hydroxylation is 1. The molecule has 96 valence electrons. The second-order valence-corrected chi connectivity index (χ2v) is 5.36. The lowest BCUT2D eigenvalue weighted by molar-refractivity contribution is 0.0586. The second kappa shape index (κ2) is 4.87. The molecule has 1 rings (SSSR count). The van der Waals surface area contributed by atoms with Crippen molar-refractivity contribution in [3.8, 4) is 0 Å². The highest BCUT2D eigenvalue weighted by molar-refractivity contribution is 5.95. The maximum atomic E-state index is 11.8. The normalized spacial score (nSPS) is 13.5. The Hall–Kier alpha value is -1.36. The Kier molecular flexibility index (Phi) is 3.93. The number of hydrogen-bond donors (Lipinski definition) is 2. The van der Waals surface area contributed by atoms with Gasteiger partial charge in [0.25, 0.3) is 5.91 Å². The fourth-order valence-corrected chi connectivity index (χ4v) is 1.31. The van der Waals surface area contributed by atoms with E-state index in [0.717, 1.165) is 5.69 Å². The summed E-state index contributed by atoms with van der Waals surface area (Å²) < 4.78 is 1.65. The third-order valence-electron chi connectivity index (χ3n) is 2.94.